The average molecular weight is 423 g/mol. The van der Waals surface area contributed by atoms with Gasteiger partial charge in [-0.3, -0.25) is 9.10 Å². The zero-order chi connectivity index (χ0) is 21.1. The molecule has 0 aliphatic carbocycles. The Morgan fingerprint density at radius 3 is 2.47 bits per heavy atom. The van der Waals surface area contributed by atoms with E-state index in [0.29, 0.717) is 42.3 Å². The Morgan fingerprint density at radius 2 is 1.70 bits per heavy atom. The van der Waals surface area contributed by atoms with Gasteiger partial charge in [0.15, 0.2) is 0 Å². The van der Waals surface area contributed by atoms with Crippen molar-refractivity contribution in [3.63, 3.8) is 0 Å². The molecule has 1 aliphatic heterocycles. The van der Waals surface area contributed by atoms with Crippen LogP contribution in [0.2, 0.25) is 0 Å². The molecule has 1 aliphatic rings. The smallest absolute Gasteiger partial charge is 0.264 e. The summed E-state index contributed by atoms with van der Waals surface area (Å²) in [5, 5.41) is 2.81. The third-order valence-electron chi connectivity index (χ3n) is 4.98. The standard InChI is InChI=1S/C23H22N2O4S/c1-2-29-22-10-6-4-8-20(22)24-23(26)18-11-13-19(14-12-18)30(27,28)25-16-15-17-7-3-5-9-21(17)25/h3-14H,2,15-16H2,1H3,(H,24,26). The summed E-state index contributed by atoms with van der Waals surface area (Å²) >= 11 is 0. The lowest BCUT2D eigenvalue weighted by atomic mass is 10.2. The second-order valence-corrected chi connectivity index (χ2v) is 8.73. The Kier molecular flexibility index (Phi) is 5.46. The Hall–Kier alpha value is -3.32. The van der Waals surface area contributed by atoms with Gasteiger partial charge in [-0.1, -0.05) is 30.3 Å². The number of amides is 1. The maximum absolute atomic E-state index is 13.1. The van der Waals surface area contributed by atoms with E-state index in [2.05, 4.69) is 5.32 Å². The van der Waals surface area contributed by atoms with Crippen LogP contribution in [0.1, 0.15) is 22.8 Å². The van der Waals surface area contributed by atoms with Crippen LogP contribution >= 0.6 is 0 Å². The first-order chi connectivity index (χ1) is 14.5. The van der Waals surface area contributed by atoms with Crippen LogP contribution in [0.15, 0.2) is 77.7 Å². The van der Waals surface area contributed by atoms with Crippen molar-refractivity contribution >= 4 is 27.3 Å². The Balaban J connectivity index is 1.54. The molecule has 154 valence electrons. The van der Waals surface area contributed by atoms with Gasteiger partial charge in [-0.25, -0.2) is 8.42 Å². The number of carbonyl (C=O) groups excluding carboxylic acids is 1. The molecule has 30 heavy (non-hydrogen) atoms. The molecule has 4 rings (SSSR count). The molecule has 0 radical (unpaired) electrons. The van der Waals surface area contributed by atoms with Crippen molar-refractivity contribution in [3.05, 3.63) is 83.9 Å². The summed E-state index contributed by atoms with van der Waals surface area (Å²) in [7, 11) is -3.69. The zero-order valence-electron chi connectivity index (χ0n) is 16.5. The molecule has 0 fully saturated rings. The highest BCUT2D eigenvalue weighted by atomic mass is 32.2. The Morgan fingerprint density at radius 1 is 1.00 bits per heavy atom. The monoisotopic (exact) mass is 422 g/mol. The SMILES string of the molecule is CCOc1ccccc1NC(=O)c1ccc(S(=O)(=O)N2CCc3ccccc32)cc1. The molecule has 7 heteroatoms. The number of nitrogens with zero attached hydrogens (tertiary/aromatic N) is 1. The van der Waals surface area contributed by atoms with Crippen molar-refractivity contribution in [3.8, 4) is 5.75 Å². The fraction of sp³-hybridized carbons (Fsp3) is 0.174. The van der Waals surface area contributed by atoms with Crippen molar-refractivity contribution in [1.82, 2.24) is 0 Å². The molecule has 3 aromatic carbocycles. The van der Waals surface area contributed by atoms with E-state index < -0.39 is 10.0 Å². The van der Waals surface area contributed by atoms with E-state index in [0.717, 1.165) is 5.56 Å². The lowest BCUT2D eigenvalue weighted by molar-refractivity contribution is 0.102. The van der Waals surface area contributed by atoms with Gasteiger partial charge >= 0.3 is 0 Å². The van der Waals surface area contributed by atoms with Gasteiger partial charge in [-0.15, -0.1) is 0 Å². The summed E-state index contributed by atoms with van der Waals surface area (Å²) in [5.74, 6) is 0.248. The number of nitrogens with one attached hydrogen (secondary N) is 1. The molecule has 0 saturated heterocycles. The van der Waals surface area contributed by atoms with Crippen LogP contribution in [-0.4, -0.2) is 27.5 Å². The average Bonchev–Trinajstić information content (AvgIpc) is 3.20. The van der Waals surface area contributed by atoms with Gasteiger partial charge in [0.25, 0.3) is 15.9 Å². The first-order valence-corrected chi connectivity index (χ1v) is 11.2. The zero-order valence-corrected chi connectivity index (χ0v) is 17.4. The first-order valence-electron chi connectivity index (χ1n) is 9.74. The van der Waals surface area contributed by atoms with Crippen LogP contribution < -0.4 is 14.4 Å². The van der Waals surface area contributed by atoms with Crippen LogP contribution in [0.5, 0.6) is 5.75 Å². The van der Waals surface area contributed by atoms with E-state index in [1.807, 2.05) is 43.3 Å². The van der Waals surface area contributed by atoms with E-state index in [9.17, 15) is 13.2 Å². The maximum Gasteiger partial charge on any atom is 0.264 e. The molecule has 0 spiro atoms. The highest BCUT2D eigenvalue weighted by molar-refractivity contribution is 7.92. The first kappa shape index (κ1) is 20.0. The molecule has 1 heterocycles. The molecule has 0 saturated carbocycles. The van der Waals surface area contributed by atoms with Gasteiger partial charge in [0.1, 0.15) is 5.75 Å². The number of hydrogen-bond acceptors (Lipinski definition) is 4. The van der Waals surface area contributed by atoms with Crippen molar-refractivity contribution in [2.24, 2.45) is 0 Å². The minimum absolute atomic E-state index is 0.158. The second-order valence-electron chi connectivity index (χ2n) is 6.86. The Labute approximate surface area is 176 Å². The molecule has 0 unspecified atom stereocenters. The summed E-state index contributed by atoms with van der Waals surface area (Å²) in [4.78, 5) is 12.8. The third kappa shape index (κ3) is 3.76. The van der Waals surface area contributed by atoms with Crippen LogP contribution in [0.25, 0.3) is 0 Å². The van der Waals surface area contributed by atoms with Crippen LogP contribution in [0.4, 0.5) is 11.4 Å². The van der Waals surface area contributed by atoms with E-state index in [1.165, 1.54) is 28.6 Å². The predicted molar refractivity (Wildman–Crippen MR) is 117 cm³/mol. The summed E-state index contributed by atoms with van der Waals surface area (Å²) in [6.07, 6.45) is 0.690. The van der Waals surface area contributed by atoms with Crippen LogP contribution in [0, 0.1) is 0 Å². The quantitative estimate of drug-likeness (QED) is 0.649. The number of ether oxygens (including phenoxy) is 1. The van der Waals surface area contributed by atoms with Crippen LogP contribution in [0.3, 0.4) is 0 Å². The molecule has 6 nitrogen and oxygen atoms in total. The lowest BCUT2D eigenvalue weighted by Crippen LogP contribution is -2.29. The second kappa shape index (κ2) is 8.20. The summed E-state index contributed by atoms with van der Waals surface area (Å²) in [5.41, 5.74) is 2.66. The van der Waals surface area contributed by atoms with Gasteiger partial charge in [0.2, 0.25) is 0 Å². The van der Waals surface area contributed by atoms with E-state index >= 15 is 0 Å². The molecule has 0 atom stereocenters. The van der Waals surface area contributed by atoms with E-state index in [4.69, 9.17) is 4.74 Å². The number of rotatable bonds is 6. The van der Waals surface area contributed by atoms with E-state index in [-0.39, 0.29) is 10.8 Å². The normalized spacial score (nSPS) is 13.0. The minimum Gasteiger partial charge on any atom is -0.492 e. The number of hydrogen-bond donors (Lipinski definition) is 1. The summed E-state index contributed by atoms with van der Waals surface area (Å²) in [6, 6.07) is 20.7. The lowest BCUT2D eigenvalue weighted by Gasteiger charge is -2.19. The number of sulfonamides is 1. The van der Waals surface area contributed by atoms with Gasteiger partial charge in [-0.05, 0) is 61.4 Å². The molecule has 0 bridgehead atoms. The minimum atomic E-state index is -3.69. The maximum atomic E-state index is 13.1. The van der Waals surface area contributed by atoms with Gasteiger partial charge in [-0.2, -0.15) is 0 Å². The van der Waals surface area contributed by atoms with Gasteiger partial charge in [0.05, 0.1) is 22.9 Å². The van der Waals surface area contributed by atoms with Crippen LogP contribution in [-0.2, 0) is 16.4 Å². The summed E-state index contributed by atoms with van der Waals surface area (Å²) in [6.45, 7) is 2.77. The van der Waals surface area contributed by atoms with Crippen molar-refractivity contribution in [2.45, 2.75) is 18.2 Å². The number of anilines is 2. The number of carbonyl (C=O) groups is 1. The molecular weight excluding hydrogens is 400 g/mol. The molecule has 0 aromatic heterocycles. The third-order valence-corrected chi connectivity index (χ3v) is 6.81. The van der Waals surface area contributed by atoms with Gasteiger partial charge < -0.3 is 10.1 Å². The molecule has 1 amide bonds. The van der Waals surface area contributed by atoms with Crippen molar-refractivity contribution in [2.75, 3.05) is 22.8 Å². The predicted octanol–water partition coefficient (Wildman–Crippen LogP) is 4.09. The number of benzene rings is 3. The highest BCUT2D eigenvalue weighted by Crippen LogP contribution is 2.32. The summed E-state index contributed by atoms with van der Waals surface area (Å²) < 4.78 is 33.1. The fourth-order valence-corrected chi connectivity index (χ4v) is 5.01. The molecule has 1 N–H and O–H groups in total. The fourth-order valence-electron chi connectivity index (χ4n) is 3.51. The molecule has 3 aromatic rings. The van der Waals surface area contributed by atoms with Gasteiger partial charge in [0, 0.05) is 12.1 Å². The topological polar surface area (TPSA) is 75.7 Å². The van der Waals surface area contributed by atoms with Crippen molar-refractivity contribution < 1.29 is 17.9 Å². The Bertz CT molecular complexity index is 1170. The molecular formula is C23H22N2O4S. The highest BCUT2D eigenvalue weighted by Gasteiger charge is 2.30. The largest absolute Gasteiger partial charge is 0.492 e. The number of para-hydroxylation sites is 3. The van der Waals surface area contributed by atoms with E-state index in [1.54, 1.807) is 12.1 Å². The number of fused-ring (bicyclic) bond motifs is 1. The van der Waals surface area contributed by atoms with Crippen molar-refractivity contribution in [1.29, 1.82) is 0 Å².